The molecule has 0 spiro atoms. The van der Waals surface area contributed by atoms with Gasteiger partial charge in [-0.3, -0.25) is 15.6 Å². The fraction of sp³-hybridized carbons (Fsp3) is 0.125. The third-order valence-corrected chi connectivity index (χ3v) is 6.34. The molecule has 0 aliphatic carbocycles. The molecule has 0 fully saturated rings. The van der Waals surface area contributed by atoms with Crippen LogP contribution in [-0.4, -0.2) is 37.7 Å². The number of nitrogens with one attached hydrogen (secondary N) is 2. The number of carbonyl (C=O) groups is 1. The Kier molecular flexibility index (Phi) is 5.09. The van der Waals surface area contributed by atoms with Crippen LogP contribution in [0.15, 0.2) is 41.3 Å². The molecule has 0 aliphatic heterocycles. The molecule has 0 unspecified atom stereocenters. The van der Waals surface area contributed by atoms with Crippen LogP contribution in [0.2, 0.25) is 0 Å². The topological polar surface area (TPSA) is 91.4 Å². The first-order chi connectivity index (χ1) is 12.7. The molecule has 1 amide bonds. The fourth-order valence-corrected chi connectivity index (χ4v) is 3.94. The molecule has 2 aromatic carbocycles. The quantitative estimate of drug-likeness (QED) is 0.629. The highest BCUT2D eigenvalue weighted by Gasteiger charge is 2.17. The third-order valence-electron chi connectivity index (χ3n) is 3.59. The van der Waals surface area contributed by atoms with Crippen LogP contribution in [0.4, 0.5) is 13.9 Å². The smallest absolute Gasteiger partial charge is 0.269 e. The number of nitrogens with zero attached hydrogens (tertiary/aromatic N) is 2. The summed E-state index contributed by atoms with van der Waals surface area (Å²) >= 11 is 0.970. The maximum Gasteiger partial charge on any atom is 0.269 e. The van der Waals surface area contributed by atoms with Gasteiger partial charge in [-0.05, 0) is 30.3 Å². The number of rotatable bonds is 5. The van der Waals surface area contributed by atoms with E-state index in [1.807, 2.05) is 0 Å². The van der Waals surface area contributed by atoms with Gasteiger partial charge in [0.15, 0.2) is 5.82 Å². The number of anilines is 1. The summed E-state index contributed by atoms with van der Waals surface area (Å²) in [5.74, 6) is -2.06. The normalized spacial score (nSPS) is 11.7. The number of hydrogen-bond donors (Lipinski definition) is 2. The Bertz CT molecular complexity index is 1110. The number of aromatic nitrogens is 1. The number of amides is 1. The van der Waals surface area contributed by atoms with Crippen LogP contribution in [0.3, 0.4) is 0 Å². The Morgan fingerprint density at radius 3 is 2.44 bits per heavy atom. The molecule has 0 bridgehead atoms. The molecule has 3 aromatic rings. The second kappa shape index (κ2) is 7.18. The zero-order valence-corrected chi connectivity index (χ0v) is 15.8. The second-order valence-electron chi connectivity index (χ2n) is 5.64. The van der Waals surface area contributed by atoms with E-state index in [0.717, 1.165) is 27.8 Å². The van der Waals surface area contributed by atoms with Gasteiger partial charge in [0.2, 0.25) is 15.2 Å². The molecule has 27 heavy (non-hydrogen) atoms. The largest absolute Gasteiger partial charge is 0.273 e. The second-order valence-corrected chi connectivity index (χ2v) is 8.83. The van der Waals surface area contributed by atoms with Crippen molar-refractivity contribution in [3.8, 4) is 0 Å². The summed E-state index contributed by atoms with van der Waals surface area (Å²) in [7, 11) is -0.767. The summed E-state index contributed by atoms with van der Waals surface area (Å²) in [4.78, 5) is 16.2. The van der Waals surface area contributed by atoms with Crippen molar-refractivity contribution in [3.63, 3.8) is 0 Å². The molecule has 0 saturated carbocycles. The highest BCUT2D eigenvalue weighted by molar-refractivity contribution is 7.89. The number of fused-ring (bicyclic) bond motifs is 1. The Morgan fingerprint density at radius 1 is 1.15 bits per heavy atom. The number of hydrogen-bond acceptors (Lipinski definition) is 6. The Labute approximate surface area is 157 Å². The van der Waals surface area contributed by atoms with Crippen LogP contribution in [0.1, 0.15) is 10.4 Å². The van der Waals surface area contributed by atoms with Gasteiger partial charge in [0, 0.05) is 25.7 Å². The first-order valence-corrected chi connectivity index (χ1v) is 9.78. The van der Waals surface area contributed by atoms with Gasteiger partial charge in [0.05, 0.1) is 9.60 Å². The molecule has 0 aliphatic rings. The van der Waals surface area contributed by atoms with Gasteiger partial charge in [-0.2, -0.15) is 0 Å². The molecule has 1 heterocycles. The molecule has 1 aromatic heterocycles. The van der Waals surface area contributed by atoms with Crippen LogP contribution in [0, 0.1) is 11.6 Å². The van der Waals surface area contributed by atoms with Gasteiger partial charge in [0.1, 0.15) is 11.3 Å². The Morgan fingerprint density at radius 2 is 1.81 bits per heavy atom. The van der Waals surface area contributed by atoms with Gasteiger partial charge in [-0.25, -0.2) is 26.5 Å². The minimum atomic E-state index is -3.59. The fourth-order valence-electron chi connectivity index (χ4n) is 2.18. The van der Waals surface area contributed by atoms with E-state index in [2.05, 4.69) is 15.8 Å². The van der Waals surface area contributed by atoms with E-state index in [-0.39, 0.29) is 21.1 Å². The number of sulfonamides is 1. The minimum absolute atomic E-state index is 0.00334. The standard InChI is InChI=1S/C16H14F2N4O3S2/c1-22(2)27(24,25)11-5-3-9(4-6-11)15(23)20-21-16-19-14-12(18)7-10(17)8-13(14)26-16/h3-8H,1-2H3,(H,19,21)(H,20,23). The lowest BCUT2D eigenvalue weighted by molar-refractivity contribution is 0.0962. The number of carbonyl (C=O) groups excluding carboxylic acids is 1. The van der Waals surface area contributed by atoms with Crippen molar-refractivity contribution in [1.29, 1.82) is 0 Å². The van der Waals surface area contributed by atoms with Gasteiger partial charge < -0.3 is 0 Å². The highest BCUT2D eigenvalue weighted by Crippen LogP contribution is 2.28. The summed E-state index contributed by atoms with van der Waals surface area (Å²) < 4.78 is 52.2. The minimum Gasteiger partial charge on any atom is -0.273 e. The maximum atomic E-state index is 13.7. The van der Waals surface area contributed by atoms with Crippen molar-refractivity contribution in [2.45, 2.75) is 4.90 Å². The number of thiazole rings is 1. The molecular weight excluding hydrogens is 398 g/mol. The van der Waals surface area contributed by atoms with Crippen LogP contribution in [0.5, 0.6) is 0 Å². The summed E-state index contributed by atoms with van der Waals surface area (Å²) in [6, 6.07) is 7.24. The van der Waals surface area contributed by atoms with Crippen LogP contribution >= 0.6 is 11.3 Å². The number of hydrazine groups is 1. The van der Waals surface area contributed by atoms with E-state index >= 15 is 0 Å². The summed E-state index contributed by atoms with van der Waals surface area (Å²) in [5, 5.41) is 0.176. The Balaban J connectivity index is 1.72. The van der Waals surface area contributed by atoms with Crippen molar-refractivity contribution in [2.24, 2.45) is 0 Å². The van der Waals surface area contributed by atoms with Crippen LogP contribution < -0.4 is 10.9 Å². The first kappa shape index (κ1) is 19.1. The molecule has 142 valence electrons. The maximum absolute atomic E-state index is 13.7. The summed E-state index contributed by atoms with van der Waals surface area (Å²) in [5.41, 5.74) is 5.11. The van der Waals surface area contributed by atoms with Crippen LogP contribution in [-0.2, 0) is 10.0 Å². The van der Waals surface area contributed by atoms with E-state index in [9.17, 15) is 22.0 Å². The molecule has 11 heteroatoms. The highest BCUT2D eigenvalue weighted by atomic mass is 32.2. The van der Waals surface area contributed by atoms with Crippen molar-refractivity contribution >= 4 is 42.6 Å². The molecule has 2 N–H and O–H groups in total. The predicted octanol–water partition coefficient (Wildman–Crippen LogP) is 2.58. The van der Waals surface area contributed by atoms with Crippen molar-refractivity contribution in [3.05, 3.63) is 53.6 Å². The van der Waals surface area contributed by atoms with E-state index in [4.69, 9.17) is 0 Å². The monoisotopic (exact) mass is 412 g/mol. The average Bonchev–Trinajstić information content (AvgIpc) is 3.03. The van der Waals surface area contributed by atoms with Crippen molar-refractivity contribution in [1.82, 2.24) is 14.7 Å². The van der Waals surface area contributed by atoms with Crippen molar-refractivity contribution in [2.75, 3.05) is 19.5 Å². The zero-order chi connectivity index (χ0) is 19.8. The number of halogens is 2. The predicted molar refractivity (Wildman–Crippen MR) is 97.9 cm³/mol. The summed E-state index contributed by atoms with van der Waals surface area (Å²) in [6.07, 6.45) is 0. The first-order valence-electron chi connectivity index (χ1n) is 7.53. The molecule has 7 nitrogen and oxygen atoms in total. The van der Waals surface area contributed by atoms with E-state index in [0.29, 0.717) is 4.70 Å². The molecule has 0 saturated heterocycles. The lowest BCUT2D eigenvalue weighted by atomic mass is 10.2. The van der Waals surface area contributed by atoms with Crippen LogP contribution in [0.25, 0.3) is 10.2 Å². The third kappa shape index (κ3) is 3.89. The molecular formula is C16H14F2N4O3S2. The Hall–Kier alpha value is -2.63. The number of benzene rings is 2. The van der Waals surface area contributed by atoms with E-state index in [1.54, 1.807) is 0 Å². The van der Waals surface area contributed by atoms with Crippen molar-refractivity contribution < 1.29 is 22.0 Å². The van der Waals surface area contributed by atoms with E-state index < -0.39 is 27.6 Å². The summed E-state index contributed by atoms with van der Waals surface area (Å²) in [6.45, 7) is 0. The van der Waals surface area contributed by atoms with Gasteiger partial charge >= 0.3 is 0 Å². The average molecular weight is 412 g/mol. The molecule has 0 atom stereocenters. The SMILES string of the molecule is CN(C)S(=O)(=O)c1ccc(C(=O)NNc2nc3c(F)cc(F)cc3s2)cc1. The zero-order valence-electron chi connectivity index (χ0n) is 14.2. The lowest BCUT2D eigenvalue weighted by Crippen LogP contribution is -2.29. The lowest BCUT2D eigenvalue weighted by Gasteiger charge is -2.11. The van der Waals surface area contributed by atoms with E-state index in [1.165, 1.54) is 38.4 Å². The van der Waals surface area contributed by atoms with Gasteiger partial charge in [0.25, 0.3) is 5.91 Å². The van der Waals surface area contributed by atoms with Gasteiger partial charge in [-0.1, -0.05) is 11.3 Å². The molecule has 3 rings (SSSR count). The van der Waals surface area contributed by atoms with Gasteiger partial charge in [-0.15, -0.1) is 0 Å². The molecule has 0 radical (unpaired) electrons.